The summed E-state index contributed by atoms with van der Waals surface area (Å²) in [6.45, 7) is 7.13. The summed E-state index contributed by atoms with van der Waals surface area (Å²) in [5.74, 6) is -1.37. The maximum atomic E-state index is 13.7. The molecule has 4 atom stereocenters. The van der Waals surface area contributed by atoms with Crippen molar-refractivity contribution in [2.75, 3.05) is 6.61 Å². The zero-order valence-electron chi connectivity index (χ0n) is 18.6. The minimum atomic E-state index is -1.38. The highest BCUT2D eigenvalue weighted by Gasteiger charge is 2.81. The van der Waals surface area contributed by atoms with Gasteiger partial charge < -0.3 is 19.3 Å². The van der Waals surface area contributed by atoms with E-state index in [-0.39, 0.29) is 53.5 Å². The van der Waals surface area contributed by atoms with Gasteiger partial charge in [0.15, 0.2) is 22.8 Å². The SMILES string of the molecule is CC(=O)OC/C(C)=C\C[C@@]12OC(C)(C)[C@@H]3C[C@@H](C=C4C(=O)c5c(O)cccc5O[C@]431)C2=O. The van der Waals surface area contributed by atoms with E-state index in [0.717, 1.165) is 5.57 Å². The van der Waals surface area contributed by atoms with Gasteiger partial charge >= 0.3 is 5.97 Å². The van der Waals surface area contributed by atoms with Crippen molar-refractivity contribution < 1.29 is 33.7 Å². The number of esters is 1. The lowest BCUT2D eigenvalue weighted by Crippen LogP contribution is -2.72. The van der Waals surface area contributed by atoms with Crippen LogP contribution in [0.25, 0.3) is 0 Å². The van der Waals surface area contributed by atoms with Gasteiger partial charge in [-0.1, -0.05) is 18.2 Å². The fourth-order valence-corrected chi connectivity index (χ4v) is 6.06. The molecule has 1 saturated heterocycles. The highest BCUT2D eigenvalue weighted by atomic mass is 16.6. The summed E-state index contributed by atoms with van der Waals surface area (Å²) < 4.78 is 18.2. The van der Waals surface area contributed by atoms with Crippen LogP contribution in [0.15, 0.2) is 41.5 Å². The van der Waals surface area contributed by atoms with Crippen LogP contribution in [0.2, 0.25) is 0 Å². The quantitative estimate of drug-likeness (QED) is 0.569. The normalized spacial score (nSPS) is 33.9. The molecule has 168 valence electrons. The Balaban J connectivity index is 1.67. The van der Waals surface area contributed by atoms with Crippen LogP contribution in [0, 0.1) is 11.8 Å². The first-order valence-electron chi connectivity index (χ1n) is 10.8. The molecule has 4 bridgehead atoms. The number of allylic oxidation sites excluding steroid dienone is 1. The average molecular weight is 438 g/mol. The van der Waals surface area contributed by atoms with Crippen LogP contribution >= 0.6 is 0 Å². The zero-order valence-corrected chi connectivity index (χ0v) is 18.6. The molecule has 2 aliphatic heterocycles. The number of phenolic OH excluding ortho intramolecular Hbond substituents is 1. The Morgan fingerprint density at radius 2 is 2.03 bits per heavy atom. The largest absolute Gasteiger partial charge is 0.507 e. The fraction of sp³-hybridized carbons (Fsp3) is 0.480. The van der Waals surface area contributed by atoms with Gasteiger partial charge in [-0.2, -0.15) is 0 Å². The monoisotopic (exact) mass is 438 g/mol. The van der Waals surface area contributed by atoms with E-state index in [2.05, 4.69) is 0 Å². The third-order valence-corrected chi connectivity index (χ3v) is 7.35. The van der Waals surface area contributed by atoms with Crippen molar-refractivity contribution in [3.8, 4) is 11.5 Å². The Morgan fingerprint density at radius 1 is 1.28 bits per heavy atom. The minimum absolute atomic E-state index is 0.101. The number of Topliss-reactive ketones (excluding diaryl/α,β-unsaturated/α-hetero) is 2. The molecule has 0 amide bonds. The number of carbonyl (C=O) groups is 3. The summed E-state index contributed by atoms with van der Waals surface area (Å²) in [7, 11) is 0. The van der Waals surface area contributed by atoms with E-state index in [1.807, 2.05) is 26.8 Å². The van der Waals surface area contributed by atoms with Crippen molar-refractivity contribution in [3.05, 3.63) is 47.1 Å². The molecule has 0 unspecified atom stereocenters. The van der Waals surface area contributed by atoms with Gasteiger partial charge in [0, 0.05) is 30.8 Å². The second-order valence-electron chi connectivity index (χ2n) is 9.72. The van der Waals surface area contributed by atoms with Crippen molar-refractivity contribution in [2.45, 2.75) is 57.3 Å². The predicted molar refractivity (Wildman–Crippen MR) is 113 cm³/mol. The number of hydrogen-bond donors (Lipinski definition) is 1. The van der Waals surface area contributed by atoms with Gasteiger partial charge in [-0.25, -0.2) is 0 Å². The Labute approximate surface area is 186 Å². The van der Waals surface area contributed by atoms with Crippen molar-refractivity contribution >= 4 is 17.5 Å². The topological polar surface area (TPSA) is 99.1 Å². The molecule has 1 N–H and O–H groups in total. The molecule has 0 aromatic heterocycles. The van der Waals surface area contributed by atoms with Gasteiger partial charge in [0.05, 0.1) is 5.60 Å². The lowest BCUT2D eigenvalue weighted by molar-refractivity contribution is -0.171. The number of carbonyl (C=O) groups excluding carboxylic acids is 3. The first kappa shape index (κ1) is 20.9. The van der Waals surface area contributed by atoms with Gasteiger partial charge in [-0.05, 0) is 44.9 Å². The number of hydrogen-bond acceptors (Lipinski definition) is 7. The molecule has 0 radical (unpaired) electrons. The molecule has 7 nitrogen and oxygen atoms in total. The minimum Gasteiger partial charge on any atom is -0.507 e. The van der Waals surface area contributed by atoms with Crippen LogP contribution in [0.3, 0.4) is 0 Å². The molecule has 2 fully saturated rings. The van der Waals surface area contributed by atoms with Gasteiger partial charge in [-0.3, -0.25) is 14.4 Å². The standard InChI is InChI=1S/C25H26O7/c1-13(12-30-14(2)26)8-9-24-22(29)15-10-16-21(28)20-17(27)6-5-7-18(20)31-25(16,24)19(11-15)23(3,4)32-24/h5-8,10,15,19,27H,9,11-12H2,1-4H3/b13-8-/t15-,19+,24+,25-/m1/s1. The summed E-state index contributed by atoms with van der Waals surface area (Å²) in [6.07, 6.45) is 4.27. The number of aromatic hydroxyl groups is 1. The summed E-state index contributed by atoms with van der Waals surface area (Å²) in [6, 6.07) is 4.72. The number of ether oxygens (including phenoxy) is 3. The van der Waals surface area contributed by atoms with E-state index in [1.54, 1.807) is 18.2 Å². The number of fused-ring (bicyclic) bond motifs is 1. The van der Waals surface area contributed by atoms with E-state index in [0.29, 0.717) is 12.0 Å². The number of benzene rings is 1. The maximum Gasteiger partial charge on any atom is 0.302 e. The first-order chi connectivity index (χ1) is 15.0. The molecule has 2 heterocycles. The molecule has 1 spiro atoms. The second-order valence-corrected chi connectivity index (χ2v) is 9.72. The molecule has 1 saturated carbocycles. The zero-order chi connectivity index (χ0) is 23.1. The van der Waals surface area contributed by atoms with E-state index in [9.17, 15) is 19.5 Å². The molecule has 32 heavy (non-hydrogen) atoms. The Kier molecular flexibility index (Phi) is 4.28. The molecule has 1 aromatic rings. The summed E-state index contributed by atoms with van der Waals surface area (Å²) in [5, 5.41) is 10.4. The maximum absolute atomic E-state index is 13.7. The predicted octanol–water partition coefficient (Wildman–Crippen LogP) is 3.30. The number of rotatable bonds is 4. The molecular formula is C25H26O7. The van der Waals surface area contributed by atoms with E-state index < -0.39 is 22.7 Å². The smallest absolute Gasteiger partial charge is 0.302 e. The third-order valence-electron chi connectivity index (χ3n) is 7.35. The van der Waals surface area contributed by atoms with Crippen molar-refractivity contribution in [1.82, 2.24) is 0 Å². The van der Waals surface area contributed by atoms with Crippen LogP contribution in [-0.4, -0.2) is 46.1 Å². The van der Waals surface area contributed by atoms with E-state index in [4.69, 9.17) is 14.2 Å². The van der Waals surface area contributed by atoms with Crippen LogP contribution in [0.1, 0.15) is 50.9 Å². The Bertz CT molecular complexity index is 1130. The highest BCUT2D eigenvalue weighted by Crippen LogP contribution is 2.67. The van der Waals surface area contributed by atoms with Crippen molar-refractivity contribution in [1.29, 1.82) is 0 Å². The van der Waals surface area contributed by atoms with Crippen LogP contribution in [0.5, 0.6) is 11.5 Å². The molecule has 7 heteroatoms. The first-order valence-corrected chi connectivity index (χ1v) is 10.8. The lowest BCUT2D eigenvalue weighted by atomic mass is 9.51. The molecule has 3 aliphatic carbocycles. The fourth-order valence-electron chi connectivity index (χ4n) is 6.06. The average Bonchev–Trinajstić information content (AvgIpc) is 2.88. The Morgan fingerprint density at radius 3 is 2.75 bits per heavy atom. The third kappa shape index (κ3) is 2.48. The molecule has 5 aliphatic rings. The lowest BCUT2D eigenvalue weighted by Gasteiger charge is -2.56. The molecular weight excluding hydrogens is 412 g/mol. The molecule has 1 aromatic carbocycles. The van der Waals surface area contributed by atoms with Crippen LogP contribution in [0.4, 0.5) is 0 Å². The summed E-state index contributed by atoms with van der Waals surface area (Å²) in [4.78, 5) is 38.5. The van der Waals surface area contributed by atoms with E-state index in [1.165, 1.54) is 13.0 Å². The molecule has 6 rings (SSSR count). The van der Waals surface area contributed by atoms with Crippen molar-refractivity contribution in [3.63, 3.8) is 0 Å². The Hall–Kier alpha value is -2.93. The van der Waals surface area contributed by atoms with Gasteiger partial charge in [0.1, 0.15) is 23.7 Å². The summed E-state index contributed by atoms with van der Waals surface area (Å²) >= 11 is 0. The number of phenols is 1. The van der Waals surface area contributed by atoms with Gasteiger partial charge in [0.25, 0.3) is 0 Å². The second kappa shape index (κ2) is 6.54. The van der Waals surface area contributed by atoms with Gasteiger partial charge in [-0.15, -0.1) is 0 Å². The summed E-state index contributed by atoms with van der Waals surface area (Å²) in [5.41, 5.74) is -2.09. The van der Waals surface area contributed by atoms with Gasteiger partial charge in [0.2, 0.25) is 0 Å². The van der Waals surface area contributed by atoms with Crippen LogP contribution < -0.4 is 4.74 Å². The van der Waals surface area contributed by atoms with Crippen molar-refractivity contribution in [2.24, 2.45) is 11.8 Å². The highest BCUT2D eigenvalue weighted by molar-refractivity contribution is 6.18. The van der Waals surface area contributed by atoms with E-state index >= 15 is 0 Å². The van der Waals surface area contributed by atoms with Crippen LogP contribution in [-0.2, 0) is 19.1 Å². The number of ketones is 2.